The molecule has 122 valence electrons. The van der Waals surface area contributed by atoms with Crippen LogP contribution in [0.25, 0.3) is 11.3 Å². The number of H-pyrrole nitrogens is 1. The Morgan fingerprint density at radius 1 is 1.25 bits per heavy atom. The van der Waals surface area contributed by atoms with Crippen molar-refractivity contribution in [1.82, 2.24) is 25.1 Å². The fourth-order valence-electron chi connectivity index (χ4n) is 3.01. The Hall–Kier alpha value is -2.55. The Bertz CT molecular complexity index is 884. The van der Waals surface area contributed by atoms with Crippen LogP contribution in [0, 0.1) is 5.82 Å². The Morgan fingerprint density at radius 3 is 2.88 bits per heavy atom. The van der Waals surface area contributed by atoms with Crippen LogP contribution >= 0.6 is 11.3 Å². The van der Waals surface area contributed by atoms with Crippen molar-refractivity contribution in [2.24, 2.45) is 0 Å². The van der Waals surface area contributed by atoms with Crippen LogP contribution in [-0.4, -0.2) is 37.7 Å². The molecular weight excluding hydrogens is 329 g/mol. The zero-order chi connectivity index (χ0) is 16.1. The molecule has 0 saturated heterocycles. The molecular formula is C15H14FN7S. The van der Waals surface area contributed by atoms with E-state index in [-0.39, 0.29) is 0 Å². The number of anilines is 3. The van der Waals surface area contributed by atoms with Crippen LogP contribution in [0.2, 0.25) is 0 Å². The fourth-order valence-corrected chi connectivity index (χ4v) is 3.97. The van der Waals surface area contributed by atoms with Gasteiger partial charge in [-0.3, -0.25) is 5.10 Å². The molecule has 0 bridgehead atoms. The lowest BCUT2D eigenvalue weighted by Gasteiger charge is -2.21. The van der Waals surface area contributed by atoms with E-state index >= 15 is 0 Å². The summed E-state index contributed by atoms with van der Waals surface area (Å²) in [6.45, 7) is 0.960. The highest BCUT2D eigenvalue weighted by atomic mass is 32.1. The molecule has 0 atom stereocenters. The molecule has 0 aromatic carbocycles. The molecule has 1 fully saturated rings. The molecule has 2 aliphatic rings. The van der Waals surface area contributed by atoms with E-state index in [1.54, 1.807) is 11.3 Å². The van der Waals surface area contributed by atoms with Gasteiger partial charge in [0, 0.05) is 23.9 Å². The zero-order valence-corrected chi connectivity index (χ0v) is 13.5. The van der Waals surface area contributed by atoms with E-state index in [1.165, 1.54) is 17.7 Å². The van der Waals surface area contributed by atoms with Crippen molar-refractivity contribution in [3.63, 3.8) is 0 Å². The summed E-state index contributed by atoms with van der Waals surface area (Å²) >= 11 is 1.58. The van der Waals surface area contributed by atoms with Crippen molar-refractivity contribution >= 4 is 28.2 Å². The molecule has 1 saturated carbocycles. The van der Waals surface area contributed by atoms with Gasteiger partial charge in [0.25, 0.3) is 0 Å². The minimum atomic E-state index is -0.460. The molecule has 1 aliphatic carbocycles. The average molecular weight is 343 g/mol. The van der Waals surface area contributed by atoms with Crippen LogP contribution in [0.1, 0.15) is 17.7 Å². The van der Waals surface area contributed by atoms with Gasteiger partial charge in [0.2, 0.25) is 5.95 Å². The summed E-state index contributed by atoms with van der Waals surface area (Å²) in [4.78, 5) is 16.2. The maximum atomic E-state index is 12.9. The summed E-state index contributed by atoms with van der Waals surface area (Å²) in [5, 5.41) is 11.1. The third-order valence-electron chi connectivity index (χ3n) is 4.27. The molecule has 0 spiro atoms. The summed E-state index contributed by atoms with van der Waals surface area (Å²) in [6, 6.07) is 0.628. The number of thiazole rings is 1. The largest absolute Gasteiger partial charge is 0.353 e. The number of rotatable bonds is 3. The van der Waals surface area contributed by atoms with Crippen LogP contribution in [0.15, 0.2) is 18.6 Å². The first kappa shape index (κ1) is 13.8. The van der Waals surface area contributed by atoms with Crippen LogP contribution < -0.4 is 10.2 Å². The SMILES string of the molecule is Fc1cnc(Nc2nc3c(s2)CCN(C2CC2)c2[nH]ncc2-3)nc1. The molecule has 9 heteroatoms. The Kier molecular flexibility index (Phi) is 3.02. The van der Waals surface area contributed by atoms with Gasteiger partial charge in [0.1, 0.15) is 5.82 Å². The number of aromatic amines is 1. The Labute approximate surface area is 141 Å². The normalized spacial score (nSPS) is 16.5. The zero-order valence-electron chi connectivity index (χ0n) is 12.7. The number of hydrogen-bond acceptors (Lipinski definition) is 7. The van der Waals surface area contributed by atoms with Crippen molar-refractivity contribution < 1.29 is 4.39 Å². The van der Waals surface area contributed by atoms with Gasteiger partial charge in [0.15, 0.2) is 10.9 Å². The van der Waals surface area contributed by atoms with E-state index in [4.69, 9.17) is 4.98 Å². The van der Waals surface area contributed by atoms with E-state index in [0.29, 0.717) is 17.1 Å². The van der Waals surface area contributed by atoms with Crippen LogP contribution in [-0.2, 0) is 6.42 Å². The molecule has 2 N–H and O–H groups in total. The number of fused-ring (bicyclic) bond motifs is 3. The highest BCUT2D eigenvalue weighted by Gasteiger charge is 2.34. The molecule has 0 unspecified atom stereocenters. The third kappa shape index (κ3) is 2.32. The minimum Gasteiger partial charge on any atom is -0.353 e. The number of halogens is 1. The average Bonchev–Trinajstić information content (AvgIpc) is 3.20. The molecule has 5 rings (SSSR count). The summed E-state index contributed by atoms with van der Waals surface area (Å²) in [5.74, 6) is 0.942. The maximum Gasteiger partial charge on any atom is 0.229 e. The van der Waals surface area contributed by atoms with Gasteiger partial charge in [-0.25, -0.2) is 19.3 Å². The number of nitrogens with one attached hydrogen (secondary N) is 2. The molecule has 0 amide bonds. The van der Waals surface area contributed by atoms with E-state index in [2.05, 4.69) is 30.4 Å². The van der Waals surface area contributed by atoms with Crippen molar-refractivity contribution in [1.29, 1.82) is 0 Å². The second kappa shape index (κ2) is 5.23. The van der Waals surface area contributed by atoms with Gasteiger partial charge in [-0.05, 0) is 12.8 Å². The summed E-state index contributed by atoms with van der Waals surface area (Å²) < 4.78 is 12.9. The molecule has 7 nitrogen and oxygen atoms in total. The van der Waals surface area contributed by atoms with Gasteiger partial charge < -0.3 is 10.2 Å². The second-order valence-corrected chi connectivity index (χ2v) is 7.03. The maximum absolute atomic E-state index is 12.9. The predicted octanol–water partition coefficient (Wildman–Crippen LogP) is 2.73. The monoisotopic (exact) mass is 343 g/mol. The molecule has 3 aromatic rings. The van der Waals surface area contributed by atoms with Gasteiger partial charge in [0.05, 0.1) is 29.8 Å². The lowest BCUT2D eigenvalue weighted by molar-refractivity contribution is 0.614. The van der Waals surface area contributed by atoms with Crippen LogP contribution in [0.4, 0.5) is 21.3 Å². The van der Waals surface area contributed by atoms with Crippen molar-refractivity contribution in [2.75, 3.05) is 16.8 Å². The van der Waals surface area contributed by atoms with Crippen molar-refractivity contribution in [2.45, 2.75) is 25.3 Å². The van der Waals surface area contributed by atoms with Gasteiger partial charge >= 0.3 is 0 Å². The molecule has 1 aliphatic heterocycles. The van der Waals surface area contributed by atoms with Crippen molar-refractivity contribution in [3.8, 4) is 11.3 Å². The lowest BCUT2D eigenvalue weighted by atomic mass is 10.2. The van der Waals surface area contributed by atoms with E-state index in [1.807, 2.05) is 6.20 Å². The predicted molar refractivity (Wildman–Crippen MR) is 89.0 cm³/mol. The first-order chi connectivity index (χ1) is 11.8. The summed E-state index contributed by atoms with van der Waals surface area (Å²) in [6.07, 6.45) is 7.54. The molecule has 4 heterocycles. The quantitative estimate of drug-likeness (QED) is 0.761. The first-order valence-corrected chi connectivity index (χ1v) is 8.64. The fraction of sp³-hybridized carbons (Fsp3) is 0.333. The minimum absolute atomic E-state index is 0.340. The molecule has 3 aromatic heterocycles. The number of aromatic nitrogens is 5. The first-order valence-electron chi connectivity index (χ1n) is 7.82. The topological polar surface area (TPSA) is 82.6 Å². The number of hydrogen-bond donors (Lipinski definition) is 2. The third-order valence-corrected chi connectivity index (χ3v) is 5.30. The summed E-state index contributed by atoms with van der Waals surface area (Å²) in [7, 11) is 0. The number of nitrogens with zero attached hydrogens (tertiary/aromatic N) is 5. The standard InChI is InChI=1S/C15H14FN7S/c16-8-5-17-14(18-6-8)21-15-20-12-10-7-19-22-13(10)23(9-1-2-9)4-3-11(12)24-15/h5-7,9H,1-4H2,(H,19,22)(H,17,18,20,21). The van der Waals surface area contributed by atoms with Crippen LogP contribution in [0.3, 0.4) is 0 Å². The summed E-state index contributed by atoms with van der Waals surface area (Å²) in [5.41, 5.74) is 2.00. The smallest absolute Gasteiger partial charge is 0.229 e. The Morgan fingerprint density at radius 2 is 2.08 bits per heavy atom. The van der Waals surface area contributed by atoms with E-state index in [9.17, 15) is 4.39 Å². The van der Waals surface area contributed by atoms with E-state index < -0.39 is 5.82 Å². The van der Waals surface area contributed by atoms with Gasteiger partial charge in [-0.1, -0.05) is 0 Å². The van der Waals surface area contributed by atoms with Crippen LogP contribution in [0.5, 0.6) is 0 Å². The highest BCUT2D eigenvalue weighted by molar-refractivity contribution is 7.16. The molecule has 24 heavy (non-hydrogen) atoms. The van der Waals surface area contributed by atoms with E-state index in [0.717, 1.165) is 42.4 Å². The van der Waals surface area contributed by atoms with Gasteiger partial charge in [-0.2, -0.15) is 5.10 Å². The highest BCUT2D eigenvalue weighted by Crippen LogP contribution is 2.42. The Balaban J connectivity index is 1.49. The molecule has 0 radical (unpaired) electrons. The lowest BCUT2D eigenvalue weighted by Crippen LogP contribution is -2.27. The van der Waals surface area contributed by atoms with Gasteiger partial charge in [-0.15, -0.1) is 11.3 Å². The van der Waals surface area contributed by atoms with Crippen molar-refractivity contribution in [3.05, 3.63) is 29.3 Å². The second-order valence-electron chi connectivity index (χ2n) is 5.95.